The number of halogens is 2. The standard InChI is InChI=1S/C23H21Cl2N3O2/c1-2-28(19-6-4-3-5-7-19)23(30)16-8-11-18(12-9-16)26-15-22(29)27-21-14-17(24)10-13-20(21)25/h3-14,26H,2,15H2,1H3,(H,27,29). The summed E-state index contributed by atoms with van der Waals surface area (Å²) in [7, 11) is 0. The summed E-state index contributed by atoms with van der Waals surface area (Å²) < 4.78 is 0. The number of carbonyl (C=O) groups excluding carboxylic acids is 2. The summed E-state index contributed by atoms with van der Waals surface area (Å²) in [4.78, 5) is 26.7. The quantitative estimate of drug-likeness (QED) is 0.493. The fraction of sp³-hybridized carbons (Fsp3) is 0.130. The van der Waals surface area contributed by atoms with E-state index in [9.17, 15) is 9.59 Å². The molecule has 3 rings (SSSR count). The summed E-state index contributed by atoms with van der Waals surface area (Å²) >= 11 is 12.0. The summed E-state index contributed by atoms with van der Waals surface area (Å²) in [6.45, 7) is 2.54. The molecule has 154 valence electrons. The predicted octanol–water partition coefficient (Wildman–Crippen LogP) is 5.71. The third-order valence-corrected chi connectivity index (χ3v) is 4.98. The van der Waals surface area contributed by atoms with E-state index in [1.807, 2.05) is 37.3 Å². The number of hydrogen-bond donors (Lipinski definition) is 2. The first-order valence-electron chi connectivity index (χ1n) is 9.43. The van der Waals surface area contributed by atoms with E-state index in [4.69, 9.17) is 23.2 Å². The van der Waals surface area contributed by atoms with Crippen LogP contribution in [0.3, 0.4) is 0 Å². The van der Waals surface area contributed by atoms with Crippen molar-refractivity contribution < 1.29 is 9.59 Å². The maximum Gasteiger partial charge on any atom is 0.258 e. The van der Waals surface area contributed by atoms with Crippen molar-refractivity contribution in [3.8, 4) is 0 Å². The number of benzene rings is 3. The summed E-state index contributed by atoms with van der Waals surface area (Å²) in [5.41, 5.74) is 2.60. The molecule has 0 aromatic heterocycles. The molecule has 30 heavy (non-hydrogen) atoms. The van der Waals surface area contributed by atoms with Crippen LogP contribution in [0.25, 0.3) is 0 Å². The molecular formula is C23H21Cl2N3O2. The van der Waals surface area contributed by atoms with E-state index in [1.54, 1.807) is 47.4 Å². The van der Waals surface area contributed by atoms with Gasteiger partial charge in [0.15, 0.2) is 0 Å². The zero-order chi connectivity index (χ0) is 21.5. The van der Waals surface area contributed by atoms with E-state index in [1.165, 1.54) is 0 Å². The molecule has 2 amide bonds. The molecular weight excluding hydrogens is 421 g/mol. The Kier molecular flexibility index (Phi) is 7.33. The number of rotatable bonds is 7. The zero-order valence-electron chi connectivity index (χ0n) is 16.4. The van der Waals surface area contributed by atoms with Gasteiger partial charge in [0.1, 0.15) is 0 Å². The van der Waals surface area contributed by atoms with E-state index in [0.717, 1.165) is 11.4 Å². The monoisotopic (exact) mass is 441 g/mol. The fourth-order valence-corrected chi connectivity index (χ4v) is 3.24. The second-order valence-corrected chi connectivity index (χ2v) is 7.33. The van der Waals surface area contributed by atoms with Gasteiger partial charge in [0, 0.05) is 28.5 Å². The van der Waals surface area contributed by atoms with Crippen molar-refractivity contribution in [1.82, 2.24) is 0 Å². The number of amides is 2. The van der Waals surface area contributed by atoms with Gasteiger partial charge in [-0.2, -0.15) is 0 Å². The minimum absolute atomic E-state index is 0.0429. The van der Waals surface area contributed by atoms with Gasteiger partial charge in [-0.1, -0.05) is 41.4 Å². The van der Waals surface area contributed by atoms with E-state index in [2.05, 4.69) is 10.6 Å². The van der Waals surface area contributed by atoms with Gasteiger partial charge in [-0.25, -0.2) is 0 Å². The molecule has 3 aromatic carbocycles. The van der Waals surface area contributed by atoms with Crippen LogP contribution >= 0.6 is 23.2 Å². The van der Waals surface area contributed by atoms with Gasteiger partial charge < -0.3 is 15.5 Å². The van der Waals surface area contributed by atoms with Crippen LogP contribution in [0, 0.1) is 0 Å². The zero-order valence-corrected chi connectivity index (χ0v) is 17.9. The predicted molar refractivity (Wildman–Crippen MR) is 124 cm³/mol. The second-order valence-electron chi connectivity index (χ2n) is 6.49. The number of nitrogens with zero attached hydrogens (tertiary/aromatic N) is 1. The van der Waals surface area contributed by atoms with Gasteiger partial charge in [0.25, 0.3) is 5.91 Å². The third-order valence-electron chi connectivity index (χ3n) is 4.42. The van der Waals surface area contributed by atoms with Crippen LogP contribution in [0.15, 0.2) is 72.8 Å². The maximum absolute atomic E-state index is 12.8. The summed E-state index contributed by atoms with van der Waals surface area (Å²) in [6.07, 6.45) is 0. The number of para-hydroxylation sites is 1. The van der Waals surface area contributed by atoms with Crippen LogP contribution in [-0.4, -0.2) is 24.9 Å². The largest absolute Gasteiger partial charge is 0.376 e. The van der Waals surface area contributed by atoms with E-state index < -0.39 is 0 Å². The first-order chi connectivity index (χ1) is 14.5. The lowest BCUT2D eigenvalue weighted by Crippen LogP contribution is -2.30. The molecule has 0 radical (unpaired) electrons. The van der Waals surface area contributed by atoms with Crippen molar-refractivity contribution in [2.45, 2.75) is 6.92 Å². The molecule has 2 N–H and O–H groups in total. The Morgan fingerprint density at radius 2 is 1.63 bits per heavy atom. The van der Waals surface area contributed by atoms with Crippen molar-refractivity contribution >= 4 is 52.1 Å². The third kappa shape index (κ3) is 5.53. The Bertz CT molecular complexity index is 1020. The summed E-state index contributed by atoms with van der Waals surface area (Å²) in [6, 6.07) is 21.4. The van der Waals surface area contributed by atoms with E-state index >= 15 is 0 Å². The topological polar surface area (TPSA) is 61.4 Å². The van der Waals surface area contributed by atoms with Crippen molar-refractivity contribution in [1.29, 1.82) is 0 Å². The first kappa shape index (κ1) is 21.7. The van der Waals surface area contributed by atoms with Crippen molar-refractivity contribution in [2.24, 2.45) is 0 Å². The lowest BCUT2D eigenvalue weighted by molar-refractivity contribution is -0.114. The van der Waals surface area contributed by atoms with Crippen LogP contribution in [-0.2, 0) is 4.79 Å². The van der Waals surface area contributed by atoms with Crippen LogP contribution in [0.5, 0.6) is 0 Å². The number of anilines is 3. The molecule has 0 spiro atoms. The van der Waals surface area contributed by atoms with E-state index in [-0.39, 0.29) is 18.4 Å². The van der Waals surface area contributed by atoms with E-state index in [0.29, 0.717) is 27.8 Å². The van der Waals surface area contributed by atoms with Gasteiger partial charge in [-0.3, -0.25) is 9.59 Å². The molecule has 0 unspecified atom stereocenters. The Morgan fingerprint density at radius 3 is 2.30 bits per heavy atom. The number of hydrogen-bond acceptors (Lipinski definition) is 3. The van der Waals surface area contributed by atoms with Gasteiger partial charge in [0.2, 0.25) is 5.91 Å². The van der Waals surface area contributed by atoms with Crippen LogP contribution in [0.4, 0.5) is 17.1 Å². The van der Waals surface area contributed by atoms with Crippen LogP contribution in [0.2, 0.25) is 10.0 Å². The molecule has 0 saturated carbocycles. The Morgan fingerprint density at radius 1 is 0.933 bits per heavy atom. The lowest BCUT2D eigenvalue weighted by atomic mass is 10.1. The summed E-state index contributed by atoms with van der Waals surface area (Å²) in [5, 5.41) is 6.64. The molecule has 5 nitrogen and oxygen atoms in total. The molecule has 0 aliphatic rings. The minimum atomic E-state index is -0.263. The molecule has 0 heterocycles. The molecule has 3 aromatic rings. The average Bonchev–Trinajstić information content (AvgIpc) is 2.76. The molecule has 0 bridgehead atoms. The Balaban J connectivity index is 1.59. The highest BCUT2D eigenvalue weighted by molar-refractivity contribution is 6.35. The van der Waals surface area contributed by atoms with Crippen molar-refractivity contribution in [3.05, 3.63) is 88.4 Å². The SMILES string of the molecule is CCN(C(=O)c1ccc(NCC(=O)Nc2cc(Cl)ccc2Cl)cc1)c1ccccc1. The number of carbonyl (C=O) groups is 2. The van der Waals surface area contributed by atoms with Gasteiger partial charge >= 0.3 is 0 Å². The average molecular weight is 442 g/mol. The highest BCUT2D eigenvalue weighted by atomic mass is 35.5. The van der Waals surface area contributed by atoms with Gasteiger partial charge in [0.05, 0.1) is 17.3 Å². The fourth-order valence-electron chi connectivity index (χ4n) is 2.91. The molecule has 0 aliphatic heterocycles. The van der Waals surface area contributed by atoms with Crippen LogP contribution in [0.1, 0.15) is 17.3 Å². The molecule has 7 heteroatoms. The Labute approximate surface area is 185 Å². The molecule has 0 aliphatic carbocycles. The minimum Gasteiger partial charge on any atom is -0.376 e. The maximum atomic E-state index is 12.8. The smallest absolute Gasteiger partial charge is 0.258 e. The lowest BCUT2D eigenvalue weighted by Gasteiger charge is -2.21. The molecule has 0 fully saturated rings. The van der Waals surface area contributed by atoms with Crippen molar-refractivity contribution in [2.75, 3.05) is 28.6 Å². The highest BCUT2D eigenvalue weighted by Crippen LogP contribution is 2.25. The van der Waals surface area contributed by atoms with Crippen molar-refractivity contribution in [3.63, 3.8) is 0 Å². The normalized spacial score (nSPS) is 10.4. The van der Waals surface area contributed by atoms with Gasteiger partial charge in [-0.05, 0) is 61.5 Å². The van der Waals surface area contributed by atoms with Gasteiger partial charge in [-0.15, -0.1) is 0 Å². The Hall–Kier alpha value is -3.02. The highest BCUT2D eigenvalue weighted by Gasteiger charge is 2.15. The van der Waals surface area contributed by atoms with Crippen LogP contribution < -0.4 is 15.5 Å². The second kappa shape index (κ2) is 10.1. The summed E-state index contributed by atoms with van der Waals surface area (Å²) in [5.74, 6) is -0.343. The molecule has 0 saturated heterocycles. The number of nitrogens with one attached hydrogen (secondary N) is 2. The first-order valence-corrected chi connectivity index (χ1v) is 10.2. The molecule has 0 atom stereocenters.